The predicted octanol–water partition coefficient (Wildman–Crippen LogP) is 2.83. The highest BCUT2D eigenvalue weighted by Crippen LogP contribution is 2.32. The Labute approximate surface area is 95.4 Å². The summed E-state index contributed by atoms with van der Waals surface area (Å²) in [6.45, 7) is 2.09. The van der Waals surface area contributed by atoms with Crippen LogP contribution in [0.1, 0.15) is 36.5 Å². The highest BCUT2D eigenvalue weighted by Gasteiger charge is 2.25. The molecule has 1 unspecified atom stereocenters. The van der Waals surface area contributed by atoms with E-state index in [1.54, 1.807) is 25.3 Å². The summed E-state index contributed by atoms with van der Waals surface area (Å²) in [7, 11) is 1.61. The van der Waals surface area contributed by atoms with Gasteiger partial charge in [0.15, 0.2) is 5.78 Å². The Bertz CT molecular complexity index is 398. The lowest BCUT2D eigenvalue weighted by Gasteiger charge is -2.25. The first-order chi connectivity index (χ1) is 7.74. The van der Waals surface area contributed by atoms with Crippen LogP contribution >= 0.6 is 0 Å². The third kappa shape index (κ3) is 2.03. The van der Waals surface area contributed by atoms with Crippen molar-refractivity contribution in [2.75, 3.05) is 7.11 Å². The van der Waals surface area contributed by atoms with Crippen LogP contribution in [0.5, 0.6) is 11.5 Å². The maximum Gasteiger partial charge on any atom is 0.170 e. The van der Waals surface area contributed by atoms with Crippen LogP contribution in [0.15, 0.2) is 18.2 Å². The molecule has 3 heteroatoms. The van der Waals surface area contributed by atoms with Gasteiger partial charge in [0, 0.05) is 12.5 Å². The van der Waals surface area contributed by atoms with E-state index in [9.17, 15) is 4.79 Å². The summed E-state index contributed by atoms with van der Waals surface area (Å²) >= 11 is 0. The molecular weight excluding hydrogens is 204 g/mol. The molecule has 3 nitrogen and oxygen atoms in total. The minimum Gasteiger partial charge on any atom is -0.497 e. The zero-order valence-corrected chi connectivity index (χ0v) is 9.66. The zero-order chi connectivity index (χ0) is 11.5. The molecule has 0 bridgehead atoms. The Morgan fingerprint density at radius 1 is 1.50 bits per heavy atom. The van der Waals surface area contributed by atoms with Crippen molar-refractivity contribution in [1.29, 1.82) is 0 Å². The van der Waals surface area contributed by atoms with E-state index in [0.29, 0.717) is 17.7 Å². The topological polar surface area (TPSA) is 35.5 Å². The molecule has 0 spiro atoms. The predicted molar refractivity (Wildman–Crippen MR) is 61.3 cm³/mol. The number of rotatable bonds is 3. The fourth-order valence-electron chi connectivity index (χ4n) is 1.98. The summed E-state index contributed by atoms with van der Waals surface area (Å²) in [5, 5.41) is 0. The maximum absolute atomic E-state index is 11.8. The number of methoxy groups -OCH3 is 1. The van der Waals surface area contributed by atoms with Gasteiger partial charge in [-0.05, 0) is 18.6 Å². The number of carbonyl (C=O) groups is 1. The molecule has 1 atom stereocenters. The van der Waals surface area contributed by atoms with Crippen molar-refractivity contribution in [3.8, 4) is 11.5 Å². The van der Waals surface area contributed by atoms with E-state index < -0.39 is 0 Å². The Hall–Kier alpha value is -1.51. The first kappa shape index (κ1) is 11.0. The van der Waals surface area contributed by atoms with Crippen LogP contribution in [0, 0.1) is 0 Å². The van der Waals surface area contributed by atoms with Crippen LogP contribution in [0.4, 0.5) is 0 Å². The van der Waals surface area contributed by atoms with Gasteiger partial charge in [0.2, 0.25) is 0 Å². The molecule has 1 aromatic rings. The number of Topliss-reactive ketones (excluding diaryl/α,β-unsaturated/α-hetero) is 1. The third-order valence-corrected chi connectivity index (χ3v) is 2.81. The molecule has 0 aromatic heterocycles. The Kier molecular flexibility index (Phi) is 3.13. The summed E-state index contributed by atoms with van der Waals surface area (Å²) in [4.78, 5) is 11.8. The quantitative estimate of drug-likeness (QED) is 0.785. The Balaban J connectivity index is 2.28. The maximum atomic E-state index is 11.8. The van der Waals surface area contributed by atoms with E-state index in [1.165, 1.54) is 0 Å². The molecule has 0 saturated carbocycles. The second-order valence-corrected chi connectivity index (χ2v) is 4.02. The van der Waals surface area contributed by atoms with Gasteiger partial charge >= 0.3 is 0 Å². The smallest absolute Gasteiger partial charge is 0.170 e. The average Bonchev–Trinajstić information content (AvgIpc) is 2.28. The van der Waals surface area contributed by atoms with Crippen molar-refractivity contribution in [3.05, 3.63) is 23.8 Å². The van der Waals surface area contributed by atoms with Crippen LogP contribution in [0.3, 0.4) is 0 Å². The highest BCUT2D eigenvalue weighted by molar-refractivity contribution is 6.00. The molecule has 0 N–H and O–H groups in total. The van der Waals surface area contributed by atoms with Gasteiger partial charge in [0.1, 0.15) is 17.6 Å². The van der Waals surface area contributed by atoms with Crippen LogP contribution in [-0.4, -0.2) is 19.0 Å². The van der Waals surface area contributed by atoms with Gasteiger partial charge < -0.3 is 9.47 Å². The van der Waals surface area contributed by atoms with E-state index >= 15 is 0 Å². The van der Waals surface area contributed by atoms with Crippen molar-refractivity contribution in [2.45, 2.75) is 32.3 Å². The molecule has 1 aliphatic rings. The summed E-state index contributed by atoms with van der Waals surface area (Å²) < 4.78 is 10.9. The summed E-state index contributed by atoms with van der Waals surface area (Å²) in [6.07, 6.45) is 2.46. The van der Waals surface area contributed by atoms with Gasteiger partial charge in [-0.15, -0.1) is 0 Å². The summed E-state index contributed by atoms with van der Waals surface area (Å²) in [6, 6.07) is 5.36. The van der Waals surface area contributed by atoms with Crippen LogP contribution < -0.4 is 9.47 Å². The number of fused-ring (bicyclic) bond motifs is 1. The molecule has 1 aromatic carbocycles. The largest absolute Gasteiger partial charge is 0.497 e. The molecule has 1 aliphatic heterocycles. The Morgan fingerprint density at radius 2 is 2.31 bits per heavy atom. The Morgan fingerprint density at radius 3 is 3.00 bits per heavy atom. The van der Waals surface area contributed by atoms with Crippen molar-refractivity contribution in [1.82, 2.24) is 0 Å². The molecule has 0 fully saturated rings. The SMILES string of the molecule is CCCC1CC(=O)c2ccc(OC)cc2O1. The van der Waals surface area contributed by atoms with E-state index in [-0.39, 0.29) is 11.9 Å². The second-order valence-electron chi connectivity index (χ2n) is 4.02. The van der Waals surface area contributed by atoms with Gasteiger partial charge in [-0.2, -0.15) is 0 Å². The summed E-state index contributed by atoms with van der Waals surface area (Å²) in [5.41, 5.74) is 0.674. The van der Waals surface area contributed by atoms with E-state index in [1.807, 2.05) is 0 Å². The van der Waals surface area contributed by atoms with E-state index in [0.717, 1.165) is 18.6 Å². The minimum atomic E-state index is 0.0251. The standard InChI is InChI=1S/C13H16O3/c1-3-4-10-7-12(14)11-6-5-9(15-2)8-13(11)16-10/h5-6,8,10H,3-4,7H2,1-2H3. The molecule has 2 rings (SSSR count). The van der Waals surface area contributed by atoms with Gasteiger partial charge in [-0.25, -0.2) is 0 Å². The number of benzene rings is 1. The molecule has 0 amide bonds. The van der Waals surface area contributed by atoms with Crippen molar-refractivity contribution in [3.63, 3.8) is 0 Å². The molecule has 16 heavy (non-hydrogen) atoms. The van der Waals surface area contributed by atoms with Crippen LogP contribution in [0.2, 0.25) is 0 Å². The van der Waals surface area contributed by atoms with Gasteiger partial charge in [-0.3, -0.25) is 4.79 Å². The molecule has 0 radical (unpaired) electrons. The van der Waals surface area contributed by atoms with Crippen LogP contribution in [-0.2, 0) is 0 Å². The first-order valence-corrected chi connectivity index (χ1v) is 5.62. The fraction of sp³-hybridized carbons (Fsp3) is 0.462. The van der Waals surface area contributed by atoms with Crippen molar-refractivity contribution < 1.29 is 14.3 Å². The number of hydrogen-bond acceptors (Lipinski definition) is 3. The van der Waals surface area contributed by atoms with E-state index in [2.05, 4.69) is 6.92 Å². The molecule has 86 valence electrons. The lowest BCUT2D eigenvalue weighted by atomic mass is 9.98. The van der Waals surface area contributed by atoms with Crippen molar-refractivity contribution >= 4 is 5.78 Å². The third-order valence-electron chi connectivity index (χ3n) is 2.81. The number of ether oxygens (including phenoxy) is 2. The van der Waals surface area contributed by atoms with Gasteiger partial charge in [0.25, 0.3) is 0 Å². The second kappa shape index (κ2) is 4.56. The zero-order valence-electron chi connectivity index (χ0n) is 9.66. The number of hydrogen-bond donors (Lipinski definition) is 0. The average molecular weight is 220 g/mol. The van der Waals surface area contributed by atoms with Gasteiger partial charge in [0.05, 0.1) is 12.7 Å². The molecule has 1 heterocycles. The summed E-state index contributed by atoms with van der Waals surface area (Å²) in [5.74, 6) is 1.56. The highest BCUT2D eigenvalue weighted by atomic mass is 16.5. The monoisotopic (exact) mass is 220 g/mol. The fourth-order valence-corrected chi connectivity index (χ4v) is 1.98. The number of carbonyl (C=O) groups excluding carboxylic acids is 1. The lowest BCUT2D eigenvalue weighted by molar-refractivity contribution is 0.0837. The number of ketones is 1. The van der Waals surface area contributed by atoms with Crippen LogP contribution in [0.25, 0.3) is 0 Å². The lowest BCUT2D eigenvalue weighted by Crippen LogP contribution is -2.26. The van der Waals surface area contributed by atoms with Crippen molar-refractivity contribution in [2.24, 2.45) is 0 Å². The van der Waals surface area contributed by atoms with Gasteiger partial charge in [-0.1, -0.05) is 13.3 Å². The first-order valence-electron chi connectivity index (χ1n) is 5.62. The van der Waals surface area contributed by atoms with E-state index in [4.69, 9.17) is 9.47 Å². The molecular formula is C13H16O3. The normalized spacial score (nSPS) is 18.9. The minimum absolute atomic E-state index is 0.0251. The molecule has 0 saturated heterocycles. The molecule has 0 aliphatic carbocycles.